The van der Waals surface area contributed by atoms with Gasteiger partial charge in [0.2, 0.25) is 0 Å². The molecule has 0 saturated carbocycles. The maximum absolute atomic E-state index is 11.0. The zero-order valence-electron chi connectivity index (χ0n) is 11.5. The van der Waals surface area contributed by atoms with Crippen LogP contribution in [-0.2, 0) is 9.59 Å². The minimum Gasteiger partial charge on any atom is -0.302 e. The average Bonchev–Trinajstić information content (AvgIpc) is 2.40. The van der Waals surface area contributed by atoms with Gasteiger partial charge < -0.3 is 9.59 Å². The summed E-state index contributed by atoms with van der Waals surface area (Å²) in [4.78, 5) is 26.0. The Balaban J connectivity index is 2.25. The van der Waals surface area contributed by atoms with E-state index in [9.17, 15) is 9.59 Å². The minimum atomic E-state index is 0.129. The molecule has 4 heteroatoms. The summed E-state index contributed by atoms with van der Waals surface area (Å²) < 4.78 is 0. The highest BCUT2D eigenvalue weighted by Crippen LogP contribution is 2.15. The van der Waals surface area contributed by atoms with E-state index in [2.05, 4.69) is 16.7 Å². The first-order valence-electron chi connectivity index (χ1n) is 7.17. The molecule has 1 unspecified atom stereocenters. The van der Waals surface area contributed by atoms with Crippen molar-refractivity contribution in [3.05, 3.63) is 0 Å². The van der Waals surface area contributed by atoms with Crippen LogP contribution in [0, 0.1) is 0 Å². The van der Waals surface area contributed by atoms with Crippen molar-refractivity contribution in [3.63, 3.8) is 0 Å². The molecule has 0 N–H and O–H groups in total. The molecule has 1 saturated heterocycles. The molecule has 0 amide bonds. The van der Waals surface area contributed by atoms with Gasteiger partial charge in [-0.1, -0.05) is 13.3 Å². The van der Waals surface area contributed by atoms with E-state index in [1.165, 1.54) is 12.8 Å². The summed E-state index contributed by atoms with van der Waals surface area (Å²) in [6.07, 6.45) is 7.58. The molecule has 1 fully saturated rings. The molecule has 0 radical (unpaired) electrons. The van der Waals surface area contributed by atoms with Crippen LogP contribution in [0.5, 0.6) is 0 Å². The van der Waals surface area contributed by atoms with Crippen molar-refractivity contribution in [2.45, 2.75) is 45.1 Å². The number of carbonyl (C=O) groups is 2. The van der Waals surface area contributed by atoms with Crippen LogP contribution in [0.1, 0.15) is 39.0 Å². The SMILES string of the molecule is CCCN(CC=O)CCCN1CCCCC1C=O. The molecular formula is C14H26N2O2. The fourth-order valence-corrected chi connectivity index (χ4v) is 2.66. The number of hydrogen-bond donors (Lipinski definition) is 0. The molecule has 0 bridgehead atoms. The summed E-state index contributed by atoms with van der Waals surface area (Å²) in [5.74, 6) is 0. The van der Waals surface area contributed by atoms with Gasteiger partial charge >= 0.3 is 0 Å². The van der Waals surface area contributed by atoms with Crippen molar-refractivity contribution >= 4 is 12.6 Å². The Kier molecular flexibility index (Phi) is 7.85. The third-order valence-corrected chi connectivity index (χ3v) is 3.61. The molecule has 1 rings (SSSR count). The second kappa shape index (κ2) is 9.22. The first-order chi connectivity index (χ1) is 8.81. The van der Waals surface area contributed by atoms with Gasteiger partial charge in [-0.25, -0.2) is 0 Å². The molecule has 1 heterocycles. The molecule has 4 nitrogen and oxygen atoms in total. The summed E-state index contributed by atoms with van der Waals surface area (Å²) in [5, 5.41) is 0. The number of nitrogens with zero attached hydrogens (tertiary/aromatic N) is 2. The van der Waals surface area contributed by atoms with Crippen molar-refractivity contribution < 1.29 is 9.59 Å². The lowest BCUT2D eigenvalue weighted by atomic mass is 10.0. The van der Waals surface area contributed by atoms with Crippen LogP contribution in [0.25, 0.3) is 0 Å². The molecular weight excluding hydrogens is 228 g/mol. The van der Waals surface area contributed by atoms with Crippen LogP contribution in [-0.4, -0.2) is 61.1 Å². The van der Waals surface area contributed by atoms with E-state index < -0.39 is 0 Å². The monoisotopic (exact) mass is 254 g/mol. The van der Waals surface area contributed by atoms with E-state index in [0.29, 0.717) is 6.54 Å². The molecule has 0 aromatic carbocycles. The van der Waals surface area contributed by atoms with Gasteiger partial charge in [-0.2, -0.15) is 0 Å². The van der Waals surface area contributed by atoms with Gasteiger partial charge in [0.25, 0.3) is 0 Å². The van der Waals surface area contributed by atoms with E-state index in [0.717, 1.165) is 58.0 Å². The lowest BCUT2D eigenvalue weighted by Crippen LogP contribution is -2.42. The third kappa shape index (κ3) is 5.27. The maximum Gasteiger partial charge on any atom is 0.137 e. The van der Waals surface area contributed by atoms with Crippen molar-refractivity contribution in [2.24, 2.45) is 0 Å². The Labute approximate surface area is 110 Å². The molecule has 0 aliphatic carbocycles. The highest BCUT2D eigenvalue weighted by molar-refractivity contribution is 5.57. The van der Waals surface area contributed by atoms with Crippen LogP contribution in [0.3, 0.4) is 0 Å². The Morgan fingerprint density at radius 2 is 2.11 bits per heavy atom. The fraction of sp³-hybridized carbons (Fsp3) is 0.857. The Bertz CT molecular complexity index is 246. The van der Waals surface area contributed by atoms with Gasteiger partial charge in [0.1, 0.15) is 12.6 Å². The number of carbonyl (C=O) groups excluding carboxylic acids is 2. The zero-order chi connectivity index (χ0) is 13.2. The van der Waals surface area contributed by atoms with Crippen LogP contribution in [0.2, 0.25) is 0 Å². The smallest absolute Gasteiger partial charge is 0.137 e. The summed E-state index contributed by atoms with van der Waals surface area (Å²) in [6, 6.07) is 0.129. The van der Waals surface area contributed by atoms with Crippen molar-refractivity contribution in [1.29, 1.82) is 0 Å². The van der Waals surface area contributed by atoms with Gasteiger partial charge in [-0.3, -0.25) is 9.80 Å². The predicted molar refractivity (Wildman–Crippen MR) is 72.7 cm³/mol. The molecule has 104 valence electrons. The summed E-state index contributed by atoms with van der Waals surface area (Å²) in [6.45, 7) is 6.62. The van der Waals surface area contributed by atoms with Crippen LogP contribution in [0.4, 0.5) is 0 Å². The second-order valence-electron chi connectivity index (χ2n) is 5.06. The molecule has 1 aliphatic rings. The van der Waals surface area contributed by atoms with E-state index >= 15 is 0 Å². The third-order valence-electron chi connectivity index (χ3n) is 3.61. The molecule has 1 aliphatic heterocycles. The fourth-order valence-electron chi connectivity index (χ4n) is 2.66. The van der Waals surface area contributed by atoms with E-state index in [1.54, 1.807) is 0 Å². The van der Waals surface area contributed by atoms with Crippen LogP contribution >= 0.6 is 0 Å². The Morgan fingerprint density at radius 1 is 1.28 bits per heavy atom. The highest BCUT2D eigenvalue weighted by Gasteiger charge is 2.21. The minimum absolute atomic E-state index is 0.129. The quantitative estimate of drug-likeness (QED) is 0.582. The first kappa shape index (κ1) is 15.3. The standard InChI is InChI=1S/C14H26N2O2/c1-2-7-15(11-12-17)8-5-10-16-9-4-3-6-14(16)13-18/h12-14H,2-11H2,1H3. The number of aldehydes is 2. The topological polar surface area (TPSA) is 40.6 Å². The van der Waals surface area contributed by atoms with E-state index in [1.807, 2.05) is 0 Å². The van der Waals surface area contributed by atoms with Crippen molar-refractivity contribution in [1.82, 2.24) is 9.80 Å². The first-order valence-corrected chi connectivity index (χ1v) is 7.17. The Hall–Kier alpha value is -0.740. The summed E-state index contributed by atoms with van der Waals surface area (Å²) in [7, 11) is 0. The predicted octanol–water partition coefficient (Wildman–Crippen LogP) is 1.34. The molecule has 0 spiro atoms. The van der Waals surface area contributed by atoms with E-state index in [4.69, 9.17) is 0 Å². The molecule has 1 atom stereocenters. The lowest BCUT2D eigenvalue weighted by Gasteiger charge is -2.32. The van der Waals surface area contributed by atoms with Gasteiger partial charge in [-0.05, 0) is 45.3 Å². The van der Waals surface area contributed by atoms with Crippen molar-refractivity contribution in [3.8, 4) is 0 Å². The zero-order valence-corrected chi connectivity index (χ0v) is 11.5. The van der Waals surface area contributed by atoms with Crippen LogP contribution < -0.4 is 0 Å². The van der Waals surface area contributed by atoms with E-state index in [-0.39, 0.29) is 6.04 Å². The maximum atomic E-state index is 11.0. The Morgan fingerprint density at radius 3 is 2.78 bits per heavy atom. The normalized spacial score (nSPS) is 21.1. The van der Waals surface area contributed by atoms with Gasteiger partial charge in [0, 0.05) is 6.54 Å². The van der Waals surface area contributed by atoms with Gasteiger partial charge in [-0.15, -0.1) is 0 Å². The van der Waals surface area contributed by atoms with Gasteiger partial charge in [0.15, 0.2) is 0 Å². The number of piperidine rings is 1. The molecule has 0 aromatic rings. The van der Waals surface area contributed by atoms with Crippen LogP contribution in [0.15, 0.2) is 0 Å². The number of rotatable bonds is 9. The summed E-state index contributed by atoms with van der Waals surface area (Å²) >= 11 is 0. The second-order valence-corrected chi connectivity index (χ2v) is 5.06. The highest BCUT2D eigenvalue weighted by atomic mass is 16.1. The molecule has 18 heavy (non-hydrogen) atoms. The molecule has 0 aromatic heterocycles. The van der Waals surface area contributed by atoms with Gasteiger partial charge in [0.05, 0.1) is 12.6 Å². The average molecular weight is 254 g/mol. The van der Waals surface area contributed by atoms with Crippen molar-refractivity contribution in [2.75, 3.05) is 32.7 Å². The number of likely N-dealkylation sites (tertiary alicyclic amines) is 1. The lowest BCUT2D eigenvalue weighted by molar-refractivity contribution is -0.113. The summed E-state index contributed by atoms with van der Waals surface area (Å²) in [5.41, 5.74) is 0. The number of hydrogen-bond acceptors (Lipinski definition) is 4. The largest absolute Gasteiger partial charge is 0.302 e.